The lowest BCUT2D eigenvalue weighted by molar-refractivity contribution is -0.123. The maximum atomic E-state index is 13.1. The molecule has 10 heteroatoms. The van der Waals surface area contributed by atoms with Gasteiger partial charge in [-0.2, -0.15) is 0 Å². The van der Waals surface area contributed by atoms with Crippen molar-refractivity contribution in [1.82, 2.24) is 9.47 Å². The molecular formula is C29H23FN2O6S. The van der Waals surface area contributed by atoms with Crippen LogP contribution in [0.5, 0.6) is 23.0 Å². The van der Waals surface area contributed by atoms with Gasteiger partial charge in [-0.3, -0.25) is 14.5 Å². The van der Waals surface area contributed by atoms with E-state index in [1.807, 2.05) is 48.7 Å². The van der Waals surface area contributed by atoms with Crippen LogP contribution < -0.4 is 18.9 Å². The minimum Gasteiger partial charge on any atom is -0.492 e. The molecule has 4 aromatic rings. The van der Waals surface area contributed by atoms with Gasteiger partial charge in [0.2, 0.25) is 6.79 Å². The highest BCUT2D eigenvalue weighted by Gasteiger charge is 2.35. The predicted molar refractivity (Wildman–Crippen MR) is 145 cm³/mol. The highest BCUT2D eigenvalue weighted by molar-refractivity contribution is 8.18. The van der Waals surface area contributed by atoms with Crippen molar-refractivity contribution in [2.45, 2.75) is 6.54 Å². The summed E-state index contributed by atoms with van der Waals surface area (Å²) in [6.45, 7) is 1.41. The zero-order valence-electron chi connectivity index (χ0n) is 20.7. The SMILES string of the molecule is O=C1S/C(=C\c2cn(CCOc3ccc4c(c3)OCO4)c3ccccc23)C(=O)N1CCOc1ccc(F)cc1. The van der Waals surface area contributed by atoms with Crippen LogP contribution in [0.1, 0.15) is 5.56 Å². The molecule has 0 atom stereocenters. The van der Waals surface area contributed by atoms with Crippen LogP contribution in [-0.2, 0) is 11.3 Å². The van der Waals surface area contributed by atoms with E-state index in [1.54, 1.807) is 6.08 Å². The number of fused-ring (bicyclic) bond motifs is 2. The summed E-state index contributed by atoms with van der Waals surface area (Å²) in [7, 11) is 0. The Hall–Kier alpha value is -4.44. The molecule has 0 bridgehead atoms. The number of ether oxygens (including phenoxy) is 4. The second-order valence-electron chi connectivity index (χ2n) is 8.79. The second-order valence-corrected chi connectivity index (χ2v) is 9.79. The van der Waals surface area contributed by atoms with Gasteiger partial charge >= 0.3 is 0 Å². The fraction of sp³-hybridized carbons (Fsp3) is 0.172. The monoisotopic (exact) mass is 546 g/mol. The Morgan fingerprint density at radius 1 is 0.897 bits per heavy atom. The fourth-order valence-corrected chi connectivity index (χ4v) is 5.28. The summed E-state index contributed by atoms with van der Waals surface area (Å²) in [4.78, 5) is 27.1. The number of amides is 2. The molecule has 0 saturated carbocycles. The Morgan fingerprint density at radius 2 is 1.64 bits per heavy atom. The van der Waals surface area contributed by atoms with E-state index in [-0.39, 0.29) is 36.9 Å². The number of carbonyl (C=O) groups is 2. The van der Waals surface area contributed by atoms with Crippen LogP contribution in [0.4, 0.5) is 9.18 Å². The summed E-state index contributed by atoms with van der Waals surface area (Å²) in [5.41, 5.74) is 1.83. The molecule has 2 aliphatic rings. The molecular weight excluding hydrogens is 523 g/mol. The Kier molecular flexibility index (Phi) is 6.85. The maximum absolute atomic E-state index is 13.1. The minimum atomic E-state index is -0.365. The lowest BCUT2D eigenvalue weighted by Gasteiger charge is -2.13. The van der Waals surface area contributed by atoms with E-state index in [0.29, 0.717) is 41.1 Å². The molecule has 0 spiro atoms. The van der Waals surface area contributed by atoms with Crippen LogP contribution in [0.25, 0.3) is 17.0 Å². The zero-order valence-corrected chi connectivity index (χ0v) is 21.5. The van der Waals surface area contributed by atoms with Crippen molar-refractivity contribution >= 4 is 39.9 Å². The van der Waals surface area contributed by atoms with E-state index < -0.39 is 0 Å². The average Bonchev–Trinajstić information content (AvgIpc) is 3.62. The molecule has 8 nitrogen and oxygen atoms in total. The van der Waals surface area contributed by atoms with Gasteiger partial charge in [0, 0.05) is 28.7 Å². The lowest BCUT2D eigenvalue weighted by Crippen LogP contribution is -2.32. The maximum Gasteiger partial charge on any atom is 0.293 e. The fourth-order valence-electron chi connectivity index (χ4n) is 4.42. The molecule has 198 valence electrons. The van der Waals surface area contributed by atoms with E-state index in [4.69, 9.17) is 18.9 Å². The first-order valence-electron chi connectivity index (χ1n) is 12.3. The molecule has 3 aromatic carbocycles. The van der Waals surface area contributed by atoms with Crippen molar-refractivity contribution in [2.24, 2.45) is 0 Å². The number of para-hydroxylation sites is 1. The van der Waals surface area contributed by atoms with Gasteiger partial charge in [0.1, 0.15) is 30.5 Å². The molecule has 0 radical (unpaired) electrons. The highest BCUT2D eigenvalue weighted by Crippen LogP contribution is 2.36. The summed E-state index contributed by atoms with van der Waals surface area (Å²) in [6.07, 6.45) is 3.71. The van der Waals surface area contributed by atoms with Gasteiger partial charge in [0.25, 0.3) is 11.1 Å². The third-order valence-electron chi connectivity index (χ3n) is 6.32. The van der Waals surface area contributed by atoms with Crippen molar-refractivity contribution in [3.63, 3.8) is 0 Å². The quantitative estimate of drug-likeness (QED) is 0.249. The van der Waals surface area contributed by atoms with Gasteiger partial charge in [-0.05, 0) is 60.3 Å². The average molecular weight is 547 g/mol. The second kappa shape index (κ2) is 10.7. The summed E-state index contributed by atoms with van der Waals surface area (Å²) < 4.78 is 37.4. The van der Waals surface area contributed by atoms with Crippen molar-refractivity contribution < 1.29 is 32.9 Å². The van der Waals surface area contributed by atoms with Crippen molar-refractivity contribution in [1.29, 1.82) is 0 Å². The highest BCUT2D eigenvalue weighted by atomic mass is 32.2. The van der Waals surface area contributed by atoms with Gasteiger partial charge in [-0.1, -0.05) is 18.2 Å². The van der Waals surface area contributed by atoms with E-state index in [0.717, 1.165) is 28.2 Å². The first kappa shape index (κ1) is 24.9. The Balaban J connectivity index is 1.13. The summed E-state index contributed by atoms with van der Waals surface area (Å²) in [5.74, 6) is 1.79. The standard InChI is InChI=1S/C29H23FN2O6S/c30-20-5-7-21(8-6-20)35-14-12-32-28(33)27(39-29(32)34)15-19-17-31(24-4-2-1-3-23(19)24)11-13-36-22-9-10-25-26(16-22)38-18-37-25/h1-10,15-17H,11-14,18H2/b27-15-. The number of aromatic nitrogens is 1. The van der Waals surface area contributed by atoms with Crippen molar-refractivity contribution in [3.8, 4) is 23.0 Å². The molecule has 0 unspecified atom stereocenters. The molecule has 1 saturated heterocycles. The van der Waals surface area contributed by atoms with Gasteiger partial charge < -0.3 is 23.5 Å². The summed E-state index contributed by atoms with van der Waals surface area (Å²) in [6, 6.07) is 18.9. The smallest absolute Gasteiger partial charge is 0.293 e. The van der Waals surface area contributed by atoms with Crippen LogP contribution >= 0.6 is 11.8 Å². The van der Waals surface area contributed by atoms with E-state index >= 15 is 0 Å². The summed E-state index contributed by atoms with van der Waals surface area (Å²) >= 11 is 0.905. The molecule has 2 amide bonds. The first-order chi connectivity index (χ1) is 19.0. The molecule has 6 rings (SSSR count). The normalized spacial score (nSPS) is 15.5. The van der Waals surface area contributed by atoms with E-state index in [2.05, 4.69) is 4.57 Å². The molecule has 3 heterocycles. The van der Waals surface area contributed by atoms with Crippen LogP contribution in [0.15, 0.2) is 77.8 Å². The number of hydrogen-bond acceptors (Lipinski definition) is 7. The topological polar surface area (TPSA) is 79.2 Å². The number of carbonyl (C=O) groups excluding carboxylic acids is 2. The summed E-state index contributed by atoms with van der Waals surface area (Å²) in [5, 5.41) is 0.613. The molecule has 0 aliphatic carbocycles. The molecule has 1 aromatic heterocycles. The third kappa shape index (κ3) is 5.28. The predicted octanol–water partition coefficient (Wildman–Crippen LogP) is 5.70. The number of rotatable bonds is 9. The zero-order chi connectivity index (χ0) is 26.8. The number of imide groups is 1. The molecule has 0 N–H and O–H groups in total. The van der Waals surface area contributed by atoms with Crippen molar-refractivity contribution in [3.05, 3.63) is 89.2 Å². The number of hydrogen-bond donors (Lipinski definition) is 0. The number of nitrogens with zero attached hydrogens (tertiary/aromatic N) is 2. The molecule has 1 fully saturated rings. The van der Waals surface area contributed by atoms with Gasteiger partial charge in [-0.15, -0.1) is 0 Å². The number of thioether (sulfide) groups is 1. The Labute approximate surface area is 227 Å². The minimum absolute atomic E-state index is 0.0956. The van der Waals surface area contributed by atoms with Crippen LogP contribution in [-0.4, -0.2) is 47.2 Å². The lowest BCUT2D eigenvalue weighted by atomic mass is 10.1. The molecule has 39 heavy (non-hydrogen) atoms. The van der Waals surface area contributed by atoms with E-state index in [1.165, 1.54) is 29.2 Å². The third-order valence-corrected chi connectivity index (χ3v) is 7.23. The van der Waals surface area contributed by atoms with Crippen LogP contribution in [0.3, 0.4) is 0 Å². The van der Waals surface area contributed by atoms with Crippen molar-refractivity contribution in [2.75, 3.05) is 26.6 Å². The van der Waals surface area contributed by atoms with Crippen LogP contribution in [0, 0.1) is 5.82 Å². The number of halogens is 1. The first-order valence-corrected chi connectivity index (χ1v) is 13.1. The van der Waals surface area contributed by atoms with Gasteiger partial charge in [-0.25, -0.2) is 4.39 Å². The van der Waals surface area contributed by atoms with E-state index in [9.17, 15) is 14.0 Å². The largest absolute Gasteiger partial charge is 0.492 e. The van der Waals surface area contributed by atoms with Gasteiger partial charge in [0.15, 0.2) is 11.5 Å². The van der Waals surface area contributed by atoms with Crippen LogP contribution in [0.2, 0.25) is 0 Å². The molecule has 2 aliphatic heterocycles. The number of benzene rings is 3. The Morgan fingerprint density at radius 3 is 2.51 bits per heavy atom. The van der Waals surface area contributed by atoms with Gasteiger partial charge in [0.05, 0.1) is 18.0 Å². The Bertz CT molecular complexity index is 1580.